The van der Waals surface area contributed by atoms with E-state index in [0.29, 0.717) is 25.2 Å². The zero-order valence-electron chi connectivity index (χ0n) is 14.0. The van der Waals surface area contributed by atoms with Crippen molar-refractivity contribution >= 4 is 5.91 Å². The third-order valence-electron chi connectivity index (χ3n) is 4.91. The van der Waals surface area contributed by atoms with Crippen molar-refractivity contribution < 1.29 is 14.3 Å². The highest BCUT2D eigenvalue weighted by molar-refractivity contribution is 5.73. The van der Waals surface area contributed by atoms with Crippen LogP contribution < -0.4 is 14.8 Å². The Bertz CT molecular complexity index is 561. The maximum absolute atomic E-state index is 11.6. The average molecular weight is 318 g/mol. The van der Waals surface area contributed by atoms with Crippen molar-refractivity contribution in [3.63, 3.8) is 0 Å². The van der Waals surface area contributed by atoms with Crippen LogP contribution in [0.1, 0.15) is 32.3 Å². The predicted octanol–water partition coefficient (Wildman–Crippen LogP) is 2.19. The molecule has 1 saturated heterocycles. The van der Waals surface area contributed by atoms with Crippen LogP contribution in [0, 0.1) is 5.92 Å². The molecule has 1 aromatic carbocycles. The summed E-state index contributed by atoms with van der Waals surface area (Å²) in [6, 6.07) is 6.50. The molecule has 5 heteroatoms. The van der Waals surface area contributed by atoms with E-state index < -0.39 is 0 Å². The Kier molecular flexibility index (Phi) is 5.06. The highest BCUT2D eigenvalue weighted by atomic mass is 16.6. The minimum absolute atomic E-state index is 0.185. The van der Waals surface area contributed by atoms with Crippen LogP contribution in [0.3, 0.4) is 0 Å². The first-order valence-corrected chi connectivity index (χ1v) is 8.55. The van der Waals surface area contributed by atoms with E-state index in [2.05, 4.69) is 18.3 Å². The van der Waals surface area contributed by atoms with Gasteiger partial charge in [-0.25, -0.2) is 0 Å². The number of carbonyl (C=O) groups is 1. The number of hydrogen-bond donors (Lipinski definition) is 1. The number of amides is 1. The zero-order valence-corrected chi connectivity index (χ0v) is 14.0. The minimum atomic E-state index is 0.185. The number of rotatable bonds is 4. The van der Waals surface area contributed by atoms with Crippen molar-refractivity contribution in [3.8, 4) is 11.5 Å². The van der Waals surface area contributed by atoms with Crippen LogP contribution >= 0.6 is 0 Å². The standard InChI is InChI=1S/C18H26N2O3/c1-3-14-12-20(13(2)21)8-7-16(14)19-11-15-5-4-6-17-18(15)23-10-9-22-17/h4-6,14,16,19H,3,7-12H2,1-2H3/t14-,16-/m0/s1. The number of fused-ring (bicyclic) bond motifs is 1. The van der Waals surface area contributed by atoms with Crippen molar-refractivity contribution in [3.05, 3.63) is 23.8 Å². The first-order chi connectivity index (χ1) is 11.2. The van der Waals surface area contributed by atoms with Crippen LogP contribution in [0.2, 0.25) is 0 Å². The second kappa shape index (κ2) is 7.21. The first kappa shape index (κ1) is 16.1. The van der Waals surface area contributed by atoms with Gasteiger partial charge in [-0.15, -0.1) is 0 Å². The van der Waals surface area contributed by atoms with E-state index in [4.69, 9.17) is 9.47 Å². The third-order valence-corrected chi connectivity index (χ3v) is 4.91. The van der Waals surface area contributed by atoms with Crippen molar-refractivity contribution in [1.29, 1.82) is 0 Å². The molecule has 1 amide bonds. The van der Waals surface area contributed by atoms with E-state index in [1.165, 1.54) is 0 Å². The van der Waals surface area contributed by atoms with Gasteiger partial charge in [-0.2, -0.15) is 0 Å². The molecular formula is C18H26N2O3. The molecule has 2 atom stereocenters. The van der Waals surface area contributed by atoms with Gasteiger partial charge < -0.3 is 19.7 Å². The van der Waals surface area contributed by atoms with E-state index in [1.54, 1.807) is 6.92 Å². The SMILES string of the molecule is CC[C@H]1CN(C(C)=O)CC[C@@H]1NCc1cccc2c1OCCO2. The fourth-order valence-electron chi connectivity index (χ4n) is 3.51. The summed E-state index contributed by atoms with van der Waals surface area (Å²) in [7, 11) is 0. The number of hydrogen-bond acceptors (Lipinski definition) is 4. The van der Waals surface area contributed by atoms with Gasteiger partial charge >= 0.3 is 0 Å². The molecule has 2 heterocycles. The molecule has 0 radical (unpaired) electrons. The fourth-order valence-corrected chi connectivity index (χ4v) is 3.51. The zero-order chi connectivity index (χ0) is 16.2. The van der Waals surface area contributed by atoms with Gasteiger partial charge in [0.15, 0.2) is 11.5 Å². The van der Waals surface area contributed by atoms with Crippen LogP contribution in [0.25, 0.3) is 0 Å². The van der Waals surface area contributed by atoms with Crippen molar-refractivity contribution in [2.75, 3.05) is 26.3 Å². The highest BCUT2D eigenvalue weighted by Gasteiger charge is 2.29. The molecule has 2 aliphatic heterocycles. The molecule has 0 aliphatic carbocycles. The van der Waals surface area contributed by atoms with Crippen molar-refractivity contribution in [2.45, 2.75) is 39.3 Å². The fraction of sp³-hybridized carbons (Fsp3) is 0.611. The molecule has 2 aliphatic rings. The summed E-state index contributed by atoms with van der Waals surface area (Å²) in [6.45, 7) is 7.56. The molecule has 0 aromatic heterocycles. The lowest BCUT2D eigenvalue weighted by atomic mass is 9.89. The second-order valence-corrected chi connectivity index (χ2v) is 6.35. The summed E-state index contributed by atoms with van der Waals surface area (Å²) in [5.41, 5.74) is 1.14. The van der Waals surface area contributed by atoms with E-state index in [0.717, 1.165) is 49.5 Å². The summed E-state index contributed by atoms with van der Waals surface area (Å²) in [5, 5.41) is 3.67. The van der Waals surface area contributed by atoms with Crippen LogP contribution in [0.4, 0.5) is 0 Å². The van der Waals surface area contributed by atoms with Crippen molar-refractivity contribution in [2.24, 2.45) is 5.92 Å². The quantitative estimate of drug-likeness (QED) is 0.924. The van der Waals surface area contributed by atoms with Gasteiger partial charge in [-0.1, -0.05) is 25.5 Å². The highest BCUT2D eigenvalue weighted by Crippen LogP contribution is 2.33. The van der Waals surface area contributed by atoms with Gasteiger partial charge in [0.25, 0.3) is 0 Å². The minimum Gasteiger partial charge on any atom is -0.486 e. The number of likely N-dealkylation sites (tertiary alicyclic amines) is 1. The molecule has 23 heavy (non-hydrogen) atoms. The Morgan fingerprint density at radius 1 is 1.35 bits per heavy atom. The number of benzene rings is 1. The summed E-state index contributed by atoms with van der Waals surface area (Å²) in [4.78, 5) is 13.5. The number of nitrogens with zero attached hydrogens (tertiary/aromatic N) is 1. The molecular weight excluding hydrogens is 292 g/mol. The molecule has 1 N–H and O–H groups in total. The van der Waals surface area contributed by atoms with Gasteiger partial charge in [0.2, 0.25) is 5.91 Å². The molecule has 126 valence electrons. The Hall–Kier alpha value is -1.75. The Labute approximate surface area is 137 Å². The summed E-state index contributed by atoms with van der Waals surface area (Å²) in [5.74, 6) is 2.41. The van der Waals surface area contributed by atoms with Crippen LogP contribution in [-0.4, -0.2) is 43.2 Å². The van der Waals surface area contributed by atoms with E-state index in [1.807, 2.05) is 17.0 Å². The largest absolute Gasteiger partial charge is 0.486 e. The van der Waals surface area contributed by atoms with Gasteiger partial charge in [0, 0.05) is 38.2 Å². The van der Waals surface area contributed by atoms with Crippen LogP contribution in [-0.2, 0) is 11.3 Å². The predicted molar refractivity (Wildman–Crippen MR) is 88.7 cm³/mol. The maximum atomic E-state index is 11.6. The lowest BCUT2D eigenvalue weighted by Crippen LogP contribution is -2.50. The molecule has 3 rings (SSSR count). The Morgan fingerprint density at radius 3 is 2.96 bits per heavy atom. The van der Waals surface area contributed by atoms with Crippen LogP contribution in [0.15, 0.2) is 18.2 Å². The number of piperidine rings is 1. The number of nitrogens with one attached hydrogen (secondary N) is 1. The molecule has 1 aromatic rings. The number of ether oxygens (including phenoxy) is 2. The normalized spacial score (nSPS) is 23.7. The molecule has 0 unspecified atom stereocenters. The smallest absolute Gasteiger partial charge is 0.219 e. The lowest BCUT2D eigenvalue weighted by Gasteiger charge is -2.38. The lowest BCUT2D eigenvalue weighted by molar-refractivity contribution is -0.131. The molecule has 1 fully saturated rings. The van der Waals surface area contributed by atoms with Gasteiger partial charge in [-0.05, 0) is 18.4 Å². The van der Waals surface area contributed by atoms with Gasteiger partial charge in [-0.3, -0.25) is 4.79 Å². The van der Waals surface area contributed by atoms with E-state index in [9.17, 15) is 4.79 Å². The van der Waals surface area contributed by atoms with Gasteiger partial charge in [0.1, 0.15) is 13.2 Å². The number of carbonyl (C=O) groups excluding carboxylic acids is 1. The van der Waals surface area contributed by atoms with E-state index in [-0.39, 0.29) is 5.91 Å². The van der Waals surface area contributed by atoms with E-state index >= 15 is 0 Å². The summed E-state index contributed by atoms with van der Waals surface area (Å²) in [6.07, 6.45) is 2.08. The van der Waals surface area contributed by atoms with Crippen molar-refractivity contribution in [1.82, 2.24) is 10.2 Å². The summed E-state index contributed by atoms with van der Waals surface area (Å²) < 4.78 is 11.4. The molecule has 5 nitrogen and oxygen atoms in total. The maximum Gasteiger partial charge on any atom is 0.219 e. The summed E-state index contributed by atoms with van der Waals surface area (Å²) >= 11 is 0. The number of para-hydroxylation sites is 1. The third kappa shape index (κ3) is 3.61. The monoisotopic (exact) mass is 318 g/mol. The molecule has 0 bridgehead atoms. The van der Waals surface area contributed by atoms with Crippen LogP contribution in [0.5, 0.6) is 11.5 Å². The first-order valence-electron chi connectivity index (χ1n) is 8.55. The Morgan fingerprint density at radius 2 is 2.17 bits per heavy atom. The second-order valence-electron chi connectivity index (χ2n) is 6.35. The molecule has 0 spiro atoms. The average Bonchev–Trinajstić information content (AvgIpc) is 2.59. The Balaban J connectivity index is 1.63. The molecule has 0 saturated carbocycles. The topological polar surface area (TPSA) is 50.8 Å². The van der Waals surface area contributed by atoms with Gasteiger partial charge in [0.05, 0.1) is 0 Å².